The fraction of sp³-hybridized carbons (Fsp3) is 0.462. The number of hydrogen-bond acceptors (Lipinski definition) is 6. The maximum atomic E-state index is 13.2. The Morgan fingerprint density at radius 3 is 2.50 bits per heavy atom. The fourth-order valence-corrected chi connectivity index (χ4v) is 5.31. The number of piperazine rings is 1. The molecule has 0 radical (unpaired) electrons. The molecule has 4 heterocycles. The van der Waals surface area contributed by atoms with Gasteiger partial charge in [-0.3, -0.25) is 14.6 Å². The lowest BCUT2D eigenvalue weighted by Crippen LogP contribution is -2.51. The van der Waals surface area contributed by atoms with Crippen molar-refractivity contribution in [2.24, 2.45) is 5.92 Å². The largest absolute Gasteiger partial charge is 0.454 e. The summed E-state index contributed by atoms with van der Waals surface area (Å²) in [6.45, 7) is 7.31. The number of hydrogen-bond donors (Lipinski definition) is 1. The molecule has 0 atom stereocenters. The van der Waals surface area contributed by atoms with Crippen LogP contribution < -0.4 is 9.47 Å². The number of carbonyl (C=O) groups excluding carboxylic acids is 1. The zero-order chi connectivity index (χ0) is 22.9. The van der Waals surface area contributed by atoms with Gasteiger partial charge in [-0.25, -0.2) is 4.98 Å². The van der Waals surface area contributed by atoms with Gasteiger partial charge in [0.25, 0.3) is 0 Å². The molecule has 3 aliphatic heterocycles. The van der Waals surface area contributed by atoms with Gasteiger partial charge in [0.2, 0.25) is 12.7 Å². The lowest BCUT2D eigenvalue weighted by molar-refractivity contribution is -0.139. The predicted octanol–water partition coefficient (Wildman–Crippen LogP) is 2.85. The van der Waals surface area contributed by atoms with Crippen LogP contribution in [0.1, 0.15) is 24.2 Å². The summed E-state index contributed by atoms with van der Waals surface area (Å²) in [5.74, 6) is 3.14. The third-order valence-electron chi connectivity index (χ3n) is 7.28. The topological polar surface area (TPSA) is 73.9 Å². The quantitative estimate of drug-likeness (QED) is 0.630. The second-order valence-corrected chi connectivity index (χ2v) is 9.54. The zero-order valence-electron chi connectivity index (χ0n) is 19.4. The molecule has 0 spiro atoms. The van der Waals surface area contributed by atoms with E-state index in [9.17, 15) is 4.79 Å². The number of aromatic amines is 1. The van der Waals surface area contributed by atoms with Crippen molar-refractivity contribution < 1.29 is 14.3 Å². The van der Waals surface area contributed by atoms with Gasteiger partial charge in [0.05, 0.1) is 17.6 Å². The van der Waals surface area contributed by atoms with Crippen LogP contribution in [0.5, 0.6) is 11.5 Å². The second-order valence-electron chi connectivity index (χ2n) is 9.54. The van der Waals surface area contributed by atoms with Crippen LogP contribution >= 0.6 is 0 Å². The first-order valence-electron chi connectivity index (χ1n) is 12.3. The average molecular weight is 462 g/mol. The molecular formula is C26H31N5O3. The second kappa shape index (κ2) is 9.27. The number of piperidine rings is 1. The smallest absolute Gasteiger partial charge is 0.231 e. The van der Waals surface area contributed by atoms with Crippen molar-refractivity contribution in [1.29, 1.82) is 0 Å². The average Bonchev–Trinajstić information content (AvgIpc) is 3.50. The molecule has 0 unspecified atom stereocenters. The number of amides is 1. The summed E-state index contributed by atoms with van der Waals surface area (Å²) < 4.78 is 10.9. The number of aromatic nitrogens is 2. The van der Waals surface area contributed by atoms with Gasteiger partial charge < -0.3 is 19.4 Å². The van der Waals surface area contributed by atoms with Gasteiger partial charge in [-0.2, -0.15) is 0 Å². The van der Waals surface area contributed by atoms with E-state index in [1.165, 1.54) is 5.56 Å². The van der Waals surface area contributed by atoms with Crippen LogP contribution in [0.4, 0.5) is 0 Å². The van der Waals surface area contributed by atoms with Gasteiger partial charge in [-0.1, -0.05) is 18.2 Å². The lowest BCUT2D eigenvalue weighted by atomic mass is 9.95. The van der Waals surface area contributed by atoms with E-state index < -0.39 is 0 Å². The molecule has 0 saturated carbocycles. The minimum atomic E-state index is 0.146. The number of fused-ring (bicyclic) bond motifs is 2. The van der Waals surface area contributed by atoms with E-state index in [4.69, 9.17) is 14.5 Å². The van der Waals surface area contributed by atoms with Crippen LogP contribution in [0.15, 0.2) is 42.5 Å². The third kappa shape index (κ3) is 4.48. The molecular weight excluding hydrogens is 430 g/mol. The molecule has 178 valence electrons. The normalized spacial score (nSPS) is 19.7. The summed E-state index contributed by atoms with van der Waals surface area (Å²) in [5, 5.41) is 0. The molecule has 3 aliphatic rings. The first kappa shape index (κ1) is 21.4. The number of nitrogens with zero attached hydrogens (tertiary/aromatic N) is 4. The Labute approximate surface area is 199 Å². The molecule has 34 heavy (non-hydrogen) atoms. The van der Waals surface area contributed by atoms with Crippen molar-refractivity contribution in [3.05, 3.63) is 53.9 Å². The predicted molar refractivity (Wildman–Crippen MR) is 129 cm³/mol. The molecule has 1 aromatic heterocycles. The lowest BCUT2D eigenvalue weighted by Gasteiger charge is -2.38. The van der Waals surface area contributed by atoms with E-state index in [2.05, 4.69) is 37.9 Å². The Morgan fingerprint density at radius 1 is 0.912 bits per heavy atom. The molecule has 1 N–H and O–H groups in total. The summed E-state index contributed by atoms with van der Waals surface area (Å²) in [6, 6.07) is 14.3. The van der Waals surface area contributed by atoms with Crippen molar-refractivity contribution in [3.8, 4) is 11.5 Å². The highest BCUT2D eigenvalue weighted by Crippen LogP contribution is 2.33. The molecule has 6 rings (SSSR count). The number of carbonyl (C=O) groups is 1. The summed E-state index contributed by atoms with van der Waals surface area (Å²) in [4.78, 5) is 28.2. The number of ether oxygens (including phenoxy) is 2. The van der Waals surface area contributed by atoms with Gasteiger partial charge >= 0.3 is 0 Å². The Bertz CT molecular complexity index is 1130. The van der Waals surface area contributed by atoms with Crippen LogP contribution in [0, 0.1) is 5.92 Å². The van der Waals surface area contributed by atoms with Gasteiger partial charge in [0.15, 0.2) is 11.5 Å². The number of nitrogens with one attached hydrogen (secondary N) is 1. The van der Waals surface area contributed by atoms with E-state index in [1.54, 1.807) is 0 Å². The Hall–Kier alpha value is -3.10. The molecule has 0 aliphatic carbocycles. The highest BCUT2D eigenvalue weighted by Gasteiger charge is 2.30. The highest BCUT2D eigenvalue weighted by atomic mass is 16.7. The Morgan fingerprint density at radius 2 is 1.68 bits per heavy atom. The minimum absolute atomic E-state index is 0.146. The number of benzene rings is 2. The molecule has 3 aromatic rings. The summed E-state index contributed by atoms with van der Waals surface area (Å²) in [6.07, 6.45) is 1.85. The van der Waals surface area contributed by atoms with Crippen LogP contribution in [0.25, 0.3) is 11.0 Å². The van der Waals surface area contributed by atoms with Gasteiger partial charge in [0, 0.05) is 38.6 Å². The molecule has 2 saturated heterocycles. The molecule has 2 fully saturated rings. The summed E-state index contributed by atoms with van der Waals surface area (Å²) >= 11 is 0. The first-order valence-corrected chi connectivity index (χ1v) is 12.3. The van der Waals surface area contributed by atoms with Crippen molar-refractivity contribution in [1.82, 2.24) is 24.7 Å². The molecule has 0 bridgehead atoms. The van der Waals surface area contributed by atoms with Crippen LogP contribution in [-0.2, 0) is 17.9 Å². The SMILES string of the molecule is O=C(C1CCN(Cc2nc3ccccc3[nH]2)CC1)N1CCN(Cc2ccc3c(c2)OCO3)CC1. The number of rotatable bonds is 5. The van der Waals surface area contributed by atoms with Gasteiger partial charge in [0.1, 0.15) is 5.82 Å². The molecule has 1 amide bonds. The zero-order valence-corrected chi connectivity index (χ0v) is 19.4. The summed E-state index contributed by atoms with van der Waals surface area (Å²) in [5.41, 5.74) is 3.32. The fourth-order valence-electron chi connectivity index (χ4n) is 5.31. The van der Waals surface area contributed by atoms with Gasteiger partial charge in [-0.15, -0.1) is 0 Å². The van der Waals surface area contributed by atoms with Crippen molar-refractivity contribution in [2.45, 2.75) is 25.9 Å². The molecule has 8 heteroatoms. The number of likely N-dealkylation sites (tertiary alicyclic amines) is 1. The van der Waals surface area contributed by atoms with Crippen molar-refractivity contribution in [2.75, 3.05) is 46.1 Å². The number of H-pyrrole nitrogens is 1. The molecule has 2 aromatic carbocycles. The maximum absolute atomic E-state index is 13.2. The van der Waals surface area contributed by atoms with Crippen LogP contribution in [-0.4, -0.2) is 76.6 Å². The van der Waals surface area contributed by atoms with E-state index in [0.717, 1.165) is 93.6 Å². The minimum Gasteiger partial charge on any atom is -0.454 e. The van der Waals surface area contributed by atoms with E-state index in [1.807, 2.05) is 24.3 Å². The van der Waals surface area contributed by atoms with Crippen molar-refractivity contribution >= 4 is 16.9 Å². The van der Waals surface area contributed by atoms with Crippen LogP contribution in [0.2, 0.25) is 0 Å². The highest BCUT2D eigenvalue weighted by molar-refractivity contribution is 5.79. The standard InChI is InChI=1S/C26H31N5O3/c32-26(20-7-9-29(10-8-20)17-25-27-21-3-1-2-4-22(21)28-25)31-13-11-30(12-14-31)16-19-5-6-23-24(15-19)34-18-33-23/h1-6,15,20H,7-14,16-18H2,(H,27,28). The van der Waals surface area contributed by atoms with Gasteiger partial charge in [-0.05, 0) is 55.8 Å². The van der Waals surface area contributed by atoms with Crippen LogP contribution in [0.3, 0.4) is 0 Å². The first-order chi connectivity index (χ1) is 16.7. The maximum Gasteiger partial charge on any atom is 0.231 e. The van der Waals surface area contributed by atoms with E-state index in [0.29, 0.717) is 12.7 Å². The Balaban J connectivity index is 0.963. The summed E-state index contributed by atoms with van der Waals surface area (Å²) in [7, 11) is 0. The third-order valence-corrected chi connectivity index (χ3v) is 7.28. The molecule has 8 nitrogen and oxygen atoms in total. The number of imidazole rings is 1. The van der Waals surface area contributed by atoms with E-state index >= 15 is 0 Å². The van der Waals surface area contributed by atoms with Crippen molar-refractivity contribution in [3.63, 3.8) is 0 Å². The monoisotopic (exact) mass is 461 g/mol. The number of para-hydroxylation sites is 2. The Kier molecular flexibility index (Phi) is 5.84. The van der Waals surface area contributed by atoms with E-state index in [-0.39, 0.29) is 5.92 Å².